The van der Waals surface area contributed by atoms with Crippen LogP contribution in [0.15, 0.2) is 77.8 Å². The number of aromatic carboxylic acids is 1. The molecule has 0 amide bonds. The molecule has 0 unspecified atom stereocenters. The highest BCUT2D eigenvalue weighted by molar-refractivity contribution is 7.92. The first-order chi connectivity index (χ1) is 17.8. The fourth-order valence-electron chi connectivity index (χ4n) is 4.29. The van der Waals surface area contributed by atoms with Crippen molar-refractivity contribution >= 4 is 44.2 Å². The molecule has 4 aromatic rings. The van der Waals surface area contributed by atoms with Crippen LogP contribution in [0.25, 0.3) is 10.9 Å². The third-order valence-electron chi connectivity index (χ3n) is 6.22. The maximum absolute atomic E-state index is 12.8. The largest absolute Gasteiger partial charge is 0.497 e. The van der Waals surface area contributed by atoms with Gasteiger partial charge in [0.1, 0.15) is 17.4 Å². The number of aromatic nitrogens is 2. The summed E-state index contributed by atoms with van der Waals surface area (Å²) < 4.78 is 33.3. The van der Waals surface area contributed by atoms with Crippen LogP contribution in [0.1, 0.15) is 10.4 Å². The topological polar surface area (TPSA) is 125 Å². The van der Waals surface area contributed by atoms with Crippen LogP contribution in [0.2, 0.25) is 0 Å². The van der Waals surface area contributed by atoms with Gasteiger partial charge in [0.15, 0.2) is 0 Å². The minimum absolute atomic E-state index is 0.0534. The van der Waals surface area contributed by atoms with Crippen LogP contribution < -0.4 is 19.3 Å². The Hall–Kier alpha value is -4.38. The van der Waals surface area contributed by atoms with Gasteiger partial charge in [0.2, 0.25) is 0 Å². The SMILES string of the molecule is COc1ccc(S(=O)(=O)Nc2ccc3nc(N4CCN(c5ccccn5)CC4)cc(C(=O)O)c3c2)cc1. The number of hydrogen-bond donors (Lipinski definition) is 2. The number of hydrogen-bond acceptors (Lipinski definition) is 8. The molecule has 0 bridgehead atoms. The molecule has 0 aliphatic carbocycles. The minimum atomic E-state index is -3.88. The number of rotatable bonds is 7. The lowest BCUT2D eigenvalue weighted by Gasteiger charge is -2.36. The molecule has 10 nitrogen and oxygen atoms in total. The number of carbonyl (C=O) groups is 1. The second kappa shape index (κ2) is 9.94. The molecular weight excluding hydrogens is 494 g/mol. The maximum Gasteiger partial charge on any atom is 0.336 e. The lowest BCUT2D eigenvalue weighted by Crippen LogP contribution is -2.47. The van der Waals surface area contributed by atoms with Gasteiger partial charge in [-0.2, -0.15) is 0 Å². The highest BCUT2D eigenvalue weighted by Gasteiger charge is 2.22. The molecule has 190 valence electrons. The van der Waals surface area contributed by atoms with Crippen molar-refractivity contribution in [3.8, 4) is 5.75 Å². The monoisotopic (exact) mass is 519 g/mol. The summed E-state index contributed by atoms with van der Waals surface area (Å²) in [7, 11) is -2.39. The fourth-order valence-corrected chi connectivity index (χ4v) is 5.34. The number of carboxylic acids is 1. The molecule has 3 heterocycles. The number of ether oxygens (including phenoxy) is 1. The molecule has 2 aromatic carbocycles. The summed E-state index contributed by atoms with van der Waals surface area (Å²) in [5.41, 5.74) is 0.761. The van der Waals surface area contributed by atoms with Crippen molar-refractivity contribution in [1.29, 1.82) is 0 Å². The summed E-state index contributed by atoms with van der Waals surface area (Å²) in [6.45, 7) is 2.78. The summed E-state index contributed by atoms with van der Waals surface area (Å²) in [6, 6.07) is 18.0. The smallest absolute Gasteiger partial charge is 0.336 e. The van der Waals surface area contributed by atoms with E-state index in [4.69, 9.17) is 9.72 Å². The van der Waals surface area contributed by atoms with E-state index in [0.29, 0.717) is 35.6 Å². The van der Waals surface area contributed by atoms with Gasteiger partial charge in [-0.3, -0.25) is 4.72 Å². The number of pyridine rings is 2. The van der Waals surface area contributed by atoms with Crippen LogP contribution in [-0.4, -0.2) is 62.8 Å². The molecule has 0 radical (unpaired) electrons. The van der Waals surface area contributed by atoms with Crippen molar-refractivity contribution in [1.82, 2.24) is 9.97 Å². The lowest BCUT2D eigenvalue weighted by atomic mass is 10.1. The van der Waals surface area contributed by atoms with Crippen LogP contribution in [0.3, 0.4) is 0 Å². The van der Waals surface area contributed by atoms with Gasteiger partial charge < -0.3 is 19.6 Å². The Morgan fingerprint density at radius 3 is 2.27 bits per heavy atom. The number of sulfonamides is 1. The van der Waals surface area contributed by atoms with Crippen LogP contribution in [-0.2, 0) is 10.0 Å². The average molecular weight is 520 g/mol. The Kier molecular flexibility index (Phi) is 6.53. The van der Waals surface area contributed by atoms with Crippen molar-refractivity contribution in [3.05, 3.63) is 78.5 Å². The van der Waals surface area contributed by atoms with E-state index in [1.54, 1.807) is 36.5 Å². The first-order valence-electron chi connectivity index (χ1n) is 11.6. The fraction of sp³-hybridized carbons (Fsp3) is 0.192. The van der Waals surface area contributed by atoms with Gasteiger partial charge in [0, 0.05) is 43.4 Å². The molecule has 37 heavy (non-hydrogen) atoms. The first-order valence-corrected chi connectivity index (χ1v) is 13.1. The van der Waals surface area contributed by atoms with E-state index in [1.807, 2.05) is 23.1 Å². The second-order valence-electron chi connectivity index (χ2n) is 8.51. The highest BCUT2D eigenvalue weighted by atomic mass is 32.2. The molecule has 1 aliphatic rings. The molecule has 2 N–H and O–H groups in total. The van der Waals surface area contributed by atoms with E-state index in [9.17, 15) is 18.3 Å². The Morgan fingerprint density at radius 1 is 0.946 bits per heavy atom. The zero-order chi connectivity index (χ0) is 26.0. The van der Waals surface area contributed by atoms with Gasteiger partial charge >= 0.3 is 5.97 Å². The number of methoxy groups -OCH3 is 1. The molecular formula is C26H25N5O5S. The van der Waals surface area contributed by atoms with E-state index >= 15 is 0 Å². The van der Waals surface area contributed by atoms with Gasteiger partial charge in [-0.05, 0) is 60.7 Å². The van der Waals surface area contributed by atoms with Crippen molar-refractivity contribution in [3.63, 3.8) is 0 Å². The molecule has 1 aliphatic heterocycles. The summed E-state index contributed by atoms with van der Waals surface area (Å²) in [6.07, 6.45) is 1.76. The second-order valence-corrected chi connectivity index (χ2v) is 10.2. The first kappa shape index (κ1) is 24.3. The summed E-state index contributed by atoms with van der Waals surface area (Å²) >= 11 is 0. The molecule has 1 fully saturated rings. The molecule has 0 atom stereocenters. The maximum atomic E-state index is 12.8. The zero-order valence-electron chi connectivity index (χ0n) is 20.0. The number of benzene rings is 2. The van der Waals surface area contributed by atoms with Gasteiger partial charge in [-0.1, -0.05) is 6.07 Å². The quantitative estimate of drug-likeness (QED) is 0.378. The van der Waals surface area contributed by atoms with E-state index in [-0.39, 0.29) is 16.1 Å². The Labute approximate surface area is 214 Å². The summed E-state index contributed by atoms with van der Waals surface area (Å²) in [4.78, 5) is 25.5. The Balaban J connectivity index is 1.40. The number of piperazine rings is 1. The highest BCUT2D eigenvalue weighted by Crippen LogP contribution is 2.28. The molecule has 11 heteroatoms. The number of nitrogens with zero attached hydrogens (tertiary/aromatic N) is 4. The third-order valence-corrected chi connectivity index (χ3v) is 7.62. The summed E-state index contributed by atoms with van der Waals surface area (Å²) in [5, 5.41) is 10.3. The number of nitrogens with one attached hydrogen (secondary N) is 1. The van der Waals surface area contributed by atoms with Crippen LogP contribution in [0.5, 0.6) is 5.75 Å². The van der Waals surface area contributed by atoms with E-state index in [2.05, 4.69) is 14.6 Å². The van der Waals surface area contributed by atoms with Crippen LogP contribution in [0.4, 0.5) is 17.3 Å². The average Bonchev–Trinajstić information content (AvgIpc) is 2.93. The summed E-state index contributed by atoms with van der Waals surface area (Å²) in [5.74, 6) is 0.897. The van der Waals surface area contributed by atoms with Crippen LogP contribution >= 0.6 is 0 Å². The Morgan fingerprint density at radius 2 is 1.65 bits per heavy atom. The zero-order valence-corrected chi connectivity index (χ0v) is 20.9. The predicted octanol–water partition coefficient (Wildman–Crippen LogP) is 3.46. The van der Waals surface area contributed by atoms with E-state index in [1.165, 1.54) is 25.3 Å². The molecule has 2 aromatic heterocycles. The Bertz CT molecular complexity index is 1540. The molecule has 0 spiro atoms. The lowest BCUT2D eigenvalue weighted by molar-refractivity contribution is 0.0699. The van der Waals surface area contributed by atoms with E-state index < -0.39 is 16.0 Å². The van der Waals surface area contributed by atoms with Crippen molar-refractivity contribution in [2.75, 3.05) is 47.8 Å². The van der Waals surface area contributed by atoms with Crippen molar-refractivity contribution < 1.29 is 23.1 Å². The standard InChI is InChI=1S/C26H25N5O5S/c1-36-19-6-8-20(9-7-19)37(34,35)29-18-5-10-23-21(16-18)22(26(32)33)17-25(28-23)31-14-12-30(13-15-31)24-4-2-3-11-27-24/h2-11,16-17,29H,12-15H2,1H3,(H,32,33). The van der Waals surface area contributed by atoms with Gasteiger partial charge in [-0.25, -0.2) is 23.2 Å². The number of carboxylic acid groups (broad SMARTS) is 1. The van der Waals surface area contributed by atoms with Crippen LogP contribution in [0, 0.1) is 0 Å². The van der Waals surface area contributed by atoms with Gasteiger partial charge in [0.25, 0.3) is 10.0 Å². The normalized spacial score (nSPS) is 14.0. The molecule has 0 saturated carbocycles. The molecule has 1 saturated heterocycles. The molecule has 5 rings (SSSR count). The van der Waals surface area contributed by atoms with E-state index in [0.717, 1.165) is 18.9 Å². The van der Waals surface area contributed by atoms with Gasteiger partial charge in [-0.15, -0.1) is 0 Å². The number of anilines is 3. The van der Waals surface area contributed by atoms with Gasteiger partial charge in [0.05, 0.1) is 23.1 Å². The minimum Gasteiger partial charge on any atom is -0.497 e. The predicted molar refractivity (Wildman–Crippen MR) is 141 cm³/mol. The van der Waals surface area contributed by atoms with Crippen molar-refractivity contribution in [2.45, 2.75) is 4.90 Å². The number of fused-ring (bicyclic) bond motifs is 1. The third kappa shape index (κ3) is 5.12. The van der Waals surface area contributed by atoms with Crippen molar-refractivity contribution in [2.24, 2.45) is 0 Å².